The molecule has 0 aliphatic heterocycles. The van der Waals surface area contributed by atoms with E-state index in [-0.39, 0.29) is 11.9 Å². The highest BCUT2D eigenvalue weighted by atomic mass is 16.5. The summed E-state index contributed by atoms with van der Waals surface area (Å²) in [6, 6.07) is 0. The topological polar surface area (TPSA) is 26.3 Å². The van der Waals surface area contributed by atoms with Crippen molar-refractivity contribution in [2.75, 3.05) is 6.61 Å². The predicted octanol–water partition coefficient (Wildman–Crippen LogP) is 3.16. The van der Waals surface area contributed by atoms with E-state index in [1.54, 1.807) is 0 Å². The van der Waals surface area contributed by atoms with Crippen LogP contribution in [0.2, 0.25) is 0 Å². The lowest BCUT2D eigenvalue weighted by atomic mass is 10.0. The van der Waals surface area contributed by atoms with Crippen molar-refractivity contribution >= 4 is 5.97 Å². The van der Waals surface area contributed by atoms with Gasteiger partial charge in [-0.25, -0.2) is 0 Å². The highest BCUT2D eigenvalue weighted by Gasteiger charge is 2.12. The molecule has 0 saturated carbocycles. The fourth-order valence-electron chi connectivity index (χ4n) is 1.28. The van der Waals surface area contributed by atoms with Gasteiger partial charge in [-0.2, -0.15) is 0 Å². The van der Waals surface area contributed by atoms with Crippen LogP contribution in [0.5, 0.6) is 0 Å². The van der Waals surface area contributed by atoms with Gasteiger partial charge < -0.3 is 4.74 Å². The zero-order valence-electron chi connectivity index (χ0n) is 9.14. The summed E-state index contributed by atoms with van der Waals surface area (Å²) in [6.45, 7) is 6.48. The van der Waals surface area contributed by atoms with E-state index in [0.717, 1.165) is 12.8 Å². The summed E-state index contributed by atoms with van der Waals surface area (Å²) in [5.74, 6) is 0.0378. The number of hydrogen-bond acceptors (Lipinski definition) is 2. The first-order chi connectivity index (χ1) is 6.22. The molecule has 0 aromatic rings. The Morgan fingerprint density at radius 1 is 1.23 bits per heavy atom. The molecule has 0 fully saturated rings. The summed E-state index contributed by atoms with van der Waals surface area (Å²) in [4.78, 5) is 11.2. The van der Waals surface area contributed by atoms with Crippen molar-refractivity contribution in [2.24, 2.45) is 5.92 Å². The minimum atomic E-state index is -0.0426. The average molecular weight is 186 g/mol. The molecule has 0 aromatic carbocycles. The molecule has 0 bridgehead atoms. The quantitative estimate of drug-likeness (QED) is 0.451. The van der Waals surface area contributed by atoms with Crippen LogP contribution in [0.1, 0.15) is 52.9 Å². The van der Waals surface area contributed by atoms with Crippen LogP contribution < -0.4 is 0 Å². The summed E-state index contributed by atoms with van der Waals surface area (Å²) in [6.07, 6.45) is 5.87. The van der Waals surface area contributed by atoms with E-state index in [2.05, 4.69) is 6.92 Å². The normalized spacial score (nSPS) is 12.5. The zero-order valence-corrected chi connectivity index (χ0v) is 9.14. The number of rotatable bonds is 7. The second-order valence-corrected chi connectivity index (χ2v) is 3.50. The molecule has 0 aromatic heterocycles. The highest BCUT2D eigenvalue weighted by molar-refractivity contribution is 5.71. The maximum absolute atomic E-state index is 11.2. The molecule has 0 spiro atoms. The smallest absolute Gasteiger partial charge is 0.308 e. The minimum absolute atomic E-state index is 0.0426. The van der Waals surface area contributed by atoms with Gasteiger partial charge in [-0.05, 0) is 13.3 Å². The van der Waals surface area contributed by atoms with Crippen molar-refractivity contribution in [2.45, 2.75) is 52.9 Å². The number of carbonyl (C=O) groups excluding carboxylic acids is 1. The molecule has 2 heteroatoms. The van der Waals surface area contributed by atoms with Crippen LogP contribution in [0.4, 0.5) is 0 Å². The molecule has 0 aliphatic rings. The van der Waals surface area contributed by atoms with Crippen molar-refractivity contribution in [1.82, 2.24) is 0 Å². The fourth-order valence-corrected chi connectivity index (χ4v) is 1.28. The highest BCUT2D eigenvalue weighted by Crippen LogP contribution is 2.11. The van der Waals surface area contributed by atoms with E-state index in [1.807, 2.05) is 13.8 Å². The lowest BCUT2D eigenvalue weighted by molar-refractivity contribution is -0.147. The van der Waals surface area contributed by atoms with Gasteiger partial charge in [0.05, 0.1) is 12.5 Å². The van der Waals surface area contributed by atoms with Crippen LogP contribution in [-0.4, -0.2) is 12.6 Å². The molecule has 0 N–H and O–H groups in total. The SMILES string of the molecule is CCCCCC[C@@H](C)C(=O)OCC. The van der Waals surface area contributed by atoms with Gasteiger partial charge in [-0.3, -0.25) is 4.79 Å². The Balaban J connectivity index is 3.38. The summed E-state index contributed by atoms with van der Waals surface area (Å²) < 4.78 is 4.92. The fraction of sp³-hybridized carbons (Fsp3) is 0.909. The van der Waals surface area contributed by atoms with Crippen LogP contribution in [0.25, 0.3) is 0 Å². The molecule has 1 atom stereocenters. The maximum Gasteiger partial charge on any atom is 0.308 e. The van der Waals surface area contributed by atoms with E-state index in [0.29, 0.717) is 6.61 Å². The molecule has 13 heavy (non-hydrogen) atoms. The van der Waals surface area contributed by atoms with Crippen molar-refractivity contribution in [3.8, 4) is 0 Å². The molecular weight excluding hydrogens is 164 g/mol. The number of hydrogen-bond donors (Lipinski definition) is 0. The van der Waals surface area contributed by atoms with E-state index in [4.69, 9.17) is 4.74 Å². The first-order valence-corrected chi connectivity index (χ1v) is 5.39. The van der Waals surface area contributed by atoms with Crippen LogP contribution in [0, 0.1) is 5.92 Å². The Labute approximate surface area is 81.7 Å². The van der Waals surface area contributed by atoms with Gasteiger partial charge in [0.15, 0.2) is 0 Å². The molecular formula is C11H22O2. The lowest BCUT2D eigenvalue weighted by Gasteiger charge is -2.09. The van der Waals surface area contributed by atoms with Gasteiger partial charge in [-0.1, -0.05) is 39.5 Å². The molecule has 0 unspecified atom stereocenters. The zero-order chi connectivity index (χ0) is 10.1. The van der Waals surface area contributed by atoms with Gasteiger partial charge in [-0.15, -0.1) is 0 Å². The first-order valence-electron chi connectivity index (χ1n) is 5.39. The van der Waals surface area contributed by atoms with Crippen molar-refractivity contribution in [3.63, 3.8) is 0 Å². The Morgan fingerprint density at radius 3 is 2.46 bits per heavy atom. The maximum atomic E-state index is 11.2. The third-order valence-corrected chi connectivity index (χ3v) is 2.18. The Hall–Kier alpha value is -0.530. The summed E-state index contributed by atoms with van der Waals surface area (Å²) >= 11 is 0. The van der Waals surface area contributed by atoms with Gasteiger partial charge >= 0.3 is 5.97 Å². The molecule has 78 valence electrons. The molecule has 0 aliphatic carbocycles. The molecule has 0 radical (unpaired) electrons. The largest absolute Gasteiger partial charge is 0.466 e. The van der Waals surface area contributed by atoms with E-state index in [9.17, 15) is 4.79 Å². The first kappa shape index (κ1) is 12.5. The van der Waals surface area contributed by atoms with Crippen molar-refractivity contribution < 1.29 is 9.53 Å². The summed E-state index contributed by atoms with van der Waals surface area (Å²) in [5, 5.41) is 0. The summed E-state index contributed by atoms with van der Waals surface area (Å²) in [7, 11) is 0. The monoisotopic (exact) mass is 186 g/mol. The second-order valence-electron chi connectivity index (χ2n) is 3.50. The molecule has 0 saturated heterocycles. The van der Waals surface area contributed by atoms with Crippen LogP contribution in [-0.2, 0) is 9.53 Å². The third-order valence-electron chi connectivity index (χ3n) is 2.18. The third kappa shape index (κ3) is 6.62. The van der Waals surface area contributed by atoms with E-state index >= 15 is 0 Å². The number of ether oxygens (including phenoxy) is 1. The van der Waals surface area contributed by atoms with E-state index in [1.165, 1.54) is 19.3 Å². The lowest BCUT2D eigenvalue weighted by Crippen LogP contribution is -2.14. The minimum Gasteiger partial charge on any atom is -0.466 e. The predicted molar refractivity (Wildman–Crippen MR) is 54.6 cm³/mol. The van der Waals surface area contributed by atoms with Gasteiger partial charge in [0.25, 0.3) is 0 Å². The molecule has 0 heterocycles. The summed E-state index contributed by atoms with van der Waals surface area (Å²) in [5.41, 5.74) is 0. The second kappa shape index (κ2) is 8.09. The van der Waals surface area contributed by atoms with Gasteiger partial charge in [0, 0.05) is 0 Å². The molecule has 0 amide bonds. The Bertz CT molecular complexity index is 132. The van der Waals surface area contributed by atoms with Gasteiger partial charge in [0.1, 0.15) is 0 Å². The number of unbranched alkanes of at least 4 members (excludes halogenated alkanes) is 3. The Morgan fingerprint density at radius 2 is 1.92 bits per heavy atom. The number of carbonyl (C=O) groups is 1. The van der Waals surface area contributed by atoms with Crippen molar-refractivity contribution in [1.29, 1.82) is 0 Å². The average Bonchev–Trinajstić information content (AvgIpc) is 2.12. The van der Waals surface area contributed by atoms with Crippen LogP contribution >= 0.6 is 0 Å². The van der Waals surface area contributed by atoms with Crippen molar-refractivity contribution in [3.05, 3.63) is 0 Å². The van der Waals surface area contributed by atoms with Crippen LogP contribution in [0.15, 0.2) is 0 Å². The Kier molecular flexibility index (Phi) is 7.76. The molecule has 0 rings (SSSR count). The molecule has 2 nitrogen and oxygen atoms in total. The van der Waals surface area contributed by atoms with Gasteiger partial charge in [0.2, 0.25) is 0 Å². The van der Waals surface area contributed by atoms with Crippen LogP contribution in [0.3, 0.4) is 0 Å². The number of esters is 1. The van der Waals surface area contributed by atoms with E-state index < -0.39 is 0 Å². The standard InChI is InChI=1S/C11H22O2/c1-4-6-7-8-9-10(3)11(12)13-5-2/h10H,4-9H2,1-3H3/t10-/m1/s1.